The largest absolute Gasteiger partial charge is 0.368 e. The van der Waals surface area contributed by atoms with Crippen molar-refractivity contribution in [3.05, 3.63) is 11.2 Å². The summed E-state index contributed by atoms with van der Waals surface area (Å²) in [5.74, 6) is 0.514. The van der Waals surface area contributed by atoms with E-state index in [1.807, 2.05) is 0 Å². The minimum Gasteiger partial charge on any atom is -0.368 e. The van der Waals surface area contributed by atoms with E-state index < -0.39 is 0 Å². The number of hydrogen-bond donors (Lipinski definition) is 2. The van der Waals surface area contributed by atoms with Gasteiger partial charge in [-0.05, 0) is 0 Å². The monoisotopic (exact) mass is 168 g/mol. The number of nitrogens with zero attached hydrogens (tertiary/aromatic N) is 2. The van der Waals surface area contributed by atoms with Gasteiger partial charge in [0.15, 0.2) is 0 Å². The fourth-order valence-electron chi connectivity index (χ4n) is 0.573. The molecule has 0 atom stereocenters. The van der Waals surface area contributed by atoms with E-state index in [4.69, 9.17) is 23.8 Å². The molecule has 1 aromatic heterocycles. The van der Waals surface area contributed by atoms with Gasteiger partial charge in [-0.1, -0.05) is 18.0 Å². The Bertz CT molecular complexity index is 284. The zero-order valence-electron chi connectivity index (χ0n) is 5.50. The minimum absolute atomic E-state index is 0.0928. The first-order chi connectivity index (χ1) is 5.22. The molecule has 0 spiro atoms. The summed E-state index contributed by atoms with van der Waals surface area (Å²) in [6.45, 7) is 0. The van der Waals surface area contributed by atoms with Crippen molar-refractivity contribution >= 4 is 23.4 Å². The van der Waals surface area contributed by atoms with Crippen molar-refractivity contribution in [3.63, 3.8) is 0 Å². The predicted molar refractivity (Wildman–Crippen MR) is 43.9 cm³/mol. The number of nitrogens with two attached hydrogens (primary N) is 1. The van der Waals surface area contributed by atoms with Crippen LogP contribution in [0.3, 0.4) is 0 Å². The highest BCUT2D eigenvalue weighted by atomic mass is 35.5. The first-order valence-electron chi connectivity index (χ1n) is 2.74. The van der Waals surface area contributed by atoms with Gasteiger partial charge >= 0.3 is 0 Å². The number of rotatable bonds is 1. The Kier molecular flexibility index (Phi) is 2.14. The molecule has 0 aliphatic heterocycles. The van der Waals surface area contributed by atoms with Crippen LogP contribution >= 0.6 is 11.6 Å². The highest BCUT2D eigenvalue weighted by Gasteiger charge is 1.96. The summed E-state index contributed by atoms with van der Waals surface area (Å²) in [5.41, 5.74) is 5.27. The second-order valence-corrected chi connectivity index (χ2v) is 2.09. The van der Waals surface area contributed by atoms with Crippen LogP contribution in [0.1, 0.15) is 0 Å². The molecular formula is C6H5ClN4. The van der Waals surface area contributed by atoms with Gasteiger partial charge in [0.25, 0.3) is 0 Å². The summed E-state index contributed by atoms with van der Waals surface area (Å²) in [5, 5.41) is 2.76. The number of nitrogen functional groups attached to an aromatic ring is 1. The van der Waals surface area contributed by atoms with Crippen LogP contribution < -0.4 is 11.1 Å². The summed E-state index contributed by atoms with van der Waals surface area (Å²) < 4.78 is 0. The van der Waals surface area contributed by atoms with Crippen LogP contribution in [-0.4, -0.2) is 9.97 Å². The number of halogens is 1. The molecule has 0 aromatic carbocycles. The van der Waals surface area contributed by atoms with E-state index in [9.17, 15) is 0 Å². The lowest BCUT2D eigenvalue weighted by molar-refractivity contribution is 1.19. The van der Waals surface area contributed by atoms with Gasteiger partial charge in [-0.3, -0.25) is 5.32 Å². The van der Waals surface area contributed by atoms with Gasteiger partial charge in [-0.2, -0.15) is 4.98 Å². The van der Waals surface area contributed by atoms with Crippen molar-refractivity contribution in [1.29, 1.82) is 0 Å². The van der Waals surface area contributed by atoms with E-state index in [1.54, 1.807) is 0 Å². The molecule has 56 valence electrons. The maximum Gasteiger partial charge on any atom is 0.223 e. The zero-order valence-corrected chi connectivity index (χ0v) is 6.26. The fraction of sp³-hybridized carbons (Fsp3) is 0. The van der Waals surface area contributed by atoms with Crippen molar-refractivity contribution in [1.82, 2.24) is 9.97 Å². The molecule has 0 bridgehead atoms. The smallest absolute Gasteiger partial charge is 0.223 e. The first kappa shape index (κ1) is 7.63. The standard InChI is InChI=1S/C6H5ClN4/c1-2-9-5-3-4(7)10-6(8)11-5/h1,3H,(H3,8,9,10,11). The zero-order chi connectivity index (χ0) is 8.27. The Morgan fingerprint density at radius 3 is 2.91 bits per heavy atom. The lowest BCUT2D eigenvalue weighted by Gasteiger charge is -1.98. The molecule has 11 heavy (non-hydrogen) atoms. The molecule has 0 saturated heterocycles. The molecule has 0 unspecified atom stereocenters. The molecule has 0 fully saturated rings. The lowest BCUT2D eigenvalue weighted by atomic mass is 10.6. The third-order valence-electron chi connectivity index (χ3n) is 0.912. The van der Waals surface area contributed by atoms with Gasteiger partial charge in [-0.15, -0.1) is 0 Å². The lowest BCUT2D eigenvalue weighted by Crippen LogP contribution is -1.98. The summed E-state index contributed by atoms with van der Waals surface area (Å²) in [6.07, 6.45) is 4.96. The van der Waals surface area contributed by atoms with E-state index in [-0.39, 0.29) is 11.1 Å². The highest BCUT2D eigenvalue weighted by molar-refractivity contribution is 6.29. The topological polar surface area (TPSA) is 63.8 Å². The van der Waals surface area contributed by atoms with E-state index in [0.717, 1.165) is 0 Å². The molecule has 0 amide bonds. The van der Waals surface area contributed by atoms with Crippen molar-refractivity contribution < 1.29 is 0 Å². The highest BCUT2D eigenvalue weighted by Crippen LogP contribution is 2.11. The quantitative estimate of drug-likeness (QED) is 0.368. The maximum absolute atomic E-state index is 5.55. The van der Waals surface area contributed by atoms with Crippen LogP contribution in [0.4, 0.5) is 11.8 Å². The first-order valence-corrected chi connectivity index (χ1v) is 3.12. The SMILES string of the molecule is C#CNc1cc(Cl)nc(N)n1. The summed E-state index contributed by atoms with van der Waals surface area (Å²) in [4.78, 5) is 7.39. The van der Waals surface area contributed by atoms with Gasteiger partial charge in [0.2, 0.25) is 5.95 Å². The molecule has 0 aliphatic carbocycles. The molecule has 0 saturated carbocycles. The molecule has 1 heterocycles. The van der Waals surface area contributed by atoms with Gasteiger partial charge in [0.1, 0.15) is 11.0 Å². The Morgan fingerprint density at radius 2 is 2.36 bits per heavy atom. The van der Waals surface area contributed by atoms with Crippen molar-refractivity contribution in [2.75, 3.05) is 11.1 Å². The average molecular weight is 169 g/mol. The summed E-state index contributed by atoms with van der Waals surface area (Å²) in [7, 11) is 0. The van der Waals surface area contributed by atoms with Crippen LogP contribution in [0.5, 0.6) is 0 Å². The second kappa shape index (κ2) is 3.08. The molecule has 4 nitrogen and oxygen atoms in total. The maximum atomic E-state index is 5.55. The predicted octanol–water partition coefficient (Wildman–Crippen LogP) is 0.715. The van der Waals surface area contributed by atoms with Gasteiger partial charge < -0.3 is 5.73 Å². The van der Waals surface area contributed by atoms with Crippen molar-refractivity contribution in [2.45, 2.75) is 0 Å². The van der Waals surface area contributed by atoms with Gasteiger partial charge in [0, 0.05) is 12.1 Å². The van der Waals surface area contributed by atoms with E-state index in [1.165, 1.54) is 6.07 Å². The summed E-state index contributed by atoms with van der Waals surface area (Å²) in [6, 6.07) is 3.67. The Balaban J connectivity index is 3.01. The second-order valence-electron chi connectivity index (χ2n) is 1.70. The van der Waals surface area contributed by atoms with Crippen LogP contribution in [0.2, 0.25) is 5.15 Å². The normalized spacial score (nSPS) is 8.73. The summed E-state index contributed by atoms with van der Waals surface area (Å²) >= 11 is 5.55. The van der Waals surface area contributed by atoms with Crippen molar-refractivity contribution in [2.24, 2.45) is 0 Å². The van der Waals surface area contributed by atoms with E-state index in [0.29, 0.717) is 5.82 Å². The Hall–Kier alpha value is -1.47. The average Bonchev–Trinajstić information content (AvgIpc) is 1.85. The van der Waals surface area contributed by atoms with Crippen LogP contribution in [0, 0.1) is 12.5 Å². The van der Waals surface area contributed by atoms with Crippen LogP contribution in [0.25, 0.3) is 0 Å². The van der Waals surface area contributed by atoms with E-state index >= 15 is 0 Å². The van der Waals surface area contributed by atoms with Gasteiger partial charge in [0.05, 0.1) is 0 Å². The number of anilines is 2. The van der Waals surface area contributed by atoms with Crippen molar-refractivity contribution in [3.8, 4) is 12.5 Å². The molecule has 3 N–H and O–H groups in total. The van der Waals surface area contributed by atoms with Crippen LogP contribution in [0.15, 0.2) is 6.07 Å². The molecule has 0 aliphatic rings. The number of aromatic nitrogens is 2. The minimum atomic E-state index is 0.0928. The molecule has 1 aromatic rings. The molecule has 1 rings (SSSR count). The fourth-order valence-corrected chi connectivity index (χ4v) is 0.763. The van der Waals surface area contributed by atoms with Gasteiger partial charge in [-0.25, -0.2) is 4.98 Å². The third-order valence-corrected chi connectivity index (χ3v) is 1.11. The number of terminal acetylenes is 1. The third kappa shape index (κ3) is 1.99. The molecule has 0 radical (unpaired) electrons. The Labute approximate surface area is 68.8 Å². The van der Waals surface area contributed by atoms with Crippen LogP contribution in [-0.2, 0) is 0 Å². The number of hydrogen-bond acceptors (Lipinski definition) is 4. The van der Waals surface area contributed by atoms with E-state index in [2.05, 4.69) is 21.3 Å². The molecular weight excluding hydrogens is 164 g/mol. The molecule has 5 heteroatoms. The number of nitrogens with one attached hydrogen (secondary N) is 1. The Morgan fingerprint density at radius 1 is 1.64 bits per heavy atom.